The Morgan fingerprint density at radius 1 is 1.13 bits per heavy atom. The van der Waals surface area contributed by atoms with Crippen molar-refractivity contribution in [1.82, 2.24) is 9.88 Å². The van der Waals surface area contributed by atoms with Crippen molar-refractivity contribution in [3.8, 4) is 5.75 Å². The number of ether oxygens (including phenoxy) is 1. The van der Waals surface area contributed by atoms with Crippen LogP contribution in [0.1, 0.15) is 20.3 Å². The maximum absolute atomic E-state index is 13.2. The number of benzene rings is 2. The summed E-state index contributed by atoms with van der Waals surface area (Å²) in [5, 5.41) is 0.698. The smallest absolute Gasteiger partial charge is 0.229 e. The summed E-state index contributed by atoms with van der Waals surface area (Å²) in [6, 6.07) is 12.2. The van der Waals surface area contributed by atoms with Crippen molar-refractivity contribution in [1.29, 1.82) is 0 Å². The molecule has 0 aliphatic carbocycles. The molecule has 5 nitrogen and oxygen atoms in total. The number of aromatic nitrogens is 1. The number of nitrogens with zero attached hydrogens (tertiary/aromatic N) is 3. The first kappa shape index (κ1) is 23.5. The molecule has 166 valence electrons. The summed E-state index contributed by atoms with van der Waals surface area (Å²) in [6.45, 7) is 7.50. The highest BCUT2D eigenvalue weighted by atomic mass is 32.2. The molecule has 31 heavy (non-hydrogen) atoms. The van der Waals surface area contributed by atoms with Crippen LogP contribution in [-0.2, 0) is 4.79 Å². The van der Waals surface area contributed by atoms with Crippen molar-refractivity contribution in [3.05, 3.63) is 48.3 Å². The Labute approximate surface area is 191 Å². The molecule has 2 aromatic carbocycles. The Balaban J connectivity index is 1.75. The van der Waals surface area contributed by atoms with E-state index in [1.807, 2.05) is 18.2 Å². The summed E-state index contributed by atoms with van der Waals surface area (Å²) in [5.41, 5.74) is 0.784. The molecule has 1 amide bonds. The molecule has 0 fully saturated rings. The van der Waals surface area contributed by atoms with E-state index >= 15 is 0 Å². The van der Waals surface area contributed by atoms with Gasteiger partial charge in [-0.25, -0.2) is 9.37 Å². The van der Waals surface area contributed by atoms with Gasteiger partial charge >= 0.3 is 0 Å². The van der Waals surface area contributed by atoms with Gasteiger partial charge in [-0.05, 0) is 49.5 Å². The molecule has 3 rings (SSSR count). The van der Waals surface area contributed by atoms with Gasteiger partial charge in [0.25, 0.3) is 0 Å². The van der Waals surface area contributed by atoms with Crippen LogP contribution >= 0.6 is 23.1 Å². The third-order valence-corrected chi connectivity index (χ3v) is 7.11. The van der Waals surface area contributed by atoms with Crippen LogP contribution in [0.15, 0.2) is 47.4 Å². The molecule has 0 N–H and O–H groups in total. The Hall–Kier alpha value is -2.16. The largest absolute Gasteiger partial charge is 0.494 e. The van der Waals surface area contributed by atoms with Crippen LogP contribution in [0.5, 0.6) is 5.75 Å². The first-order valence-electron chi connectivity index (χ1n) is 10.4. The molecule has 3 aromatic rings. The van der Waals surface area contributed by atoms with Gasteiger partial charge in [0.15, 0.2) is 5.13 Å². The summed E-state index contributed by atoms with van der Waals surface area (Å²) in [5.74, 6) is 1.12. The van der Waals surface area contributed by atoms with E-state index in [9.17, 15) is 9.18 Å². The predicted octanol–water partition coefficient (Wildman–Crippen LogP) is 5.30. The molecular weight excluding hydrogens is 433 g/mol. The molecule has 8 heteroatoms. The number of thiazole rings is 1. The van der Waals surface area contributed by atoms with Gasteiger partial charge in [-0.1, -0.05) is 31.3 Å². The van der Waals surface area contributed by atoms with E-state index < -0.39 is 0 Å². The van der Waals surface area contributed by atoms with Crippen LogP contribution in [0, 0.1) is 5.82 Å². The van der Waals surface area contributed by atoms with Gasteiger partial charge in [-0.15, -0.1) is 11.8 Å². The van der Waals surface area contributed by atoms with E-state index in [0.29, 0.717) is 29.6 Å². The minimum absolute atomic E-state index is 0.0415. The zero-order valence-corrected chi connectivity index (χ0v) is 19.8. The molecule has 0 aliphatic rings. The van der Waals surface area contributed by atoms with Gasteiger partial charge in [0.2, 0.25) is 5.91 Å². The molecule has 0 saturated carbocycles. The molecule has 0 bridgehead atoms. The van der Waals surface area contributed by atoms with E-state index in [4.69, 9.17) is 9.72 Å². The van der Waals surface area contributed by atoms with Crippen molar-refractivity contribution in [3.63, 3.8) is 0 Å². The van der Waals surface area contributed by atoms with E-state index in [2.05, 4.69) is 18.7 Å². The monoisotopic (exact) mass is 461 g/mol. The number of carbonyl (C=O) groups excluding carboxylic acids is 1. The number of fused-ring (bicyclic) bond motifs is 1. The summed E-state index contributed by atoms with van der Waals surface area (Å²) < 4.78 is 19.5. The summed E-state index contributed by atoms with van der Waals surface area (Å²) in [7, 11) is 1.63. The maximum Gasteiger partial charge on any atom is 0.229 e. The molecule has 0 radical (unpaired) electrons. The van der Waals surface area contributed by atoms with E-state index in [-0.39, 0.29) is 11.7 Å². The van der Waals surface area contributed by atoms with E-state index in [1.165, 1.54) is 23.5 Å². The number of likely N-dealkylation sites (N-methyl/N-ethyl adjacent to an activating group) is 1. The molecule has 0 atom stereocenters. The second-order valence-corrected chi connectivity index (χ2v) is 9.11. The summed E-state index contributed by atoms with van der Waals surface area (Å²) >= 11 is 3.06. The first-order chi connectivity index (χ1) is 15.0. The topological polar surface area (TPSA) is 45.7 Å². The number of amides is 1. The van der Waals surface area contributed by atoms with Gasteiger partial charge in [-0.3, -0.25) is 9.69 Å². The van der Waals surface area contributed by atoms with Crippen LogP contribution in [0.4, 0.5) is 9.52 Å². The van der Waals surface area contributed by atoms with Gasteiger partial charge in [0, 0.05) is 30.2 Å². The summed E-state index contributed by atoms with van der Waals surface area (Å²) in [4.78, 5) is 23.0. The number of carbonyl (C=O) groups is 1. The summed E-state index contributed by atoms with van der Waals surface area (Å²) in [6.07, 6.45) is 0.382. The lowest BCUT2D eigenvalue weighted by Gasteiger charge is -2.24. The Morgan fingerprint density at radius 3 is 2.55 bits per heavy atom. The number of halogens is 1. The highest BCUT2D eigenvalue weighted by Gasteiger charge is 2.21. The number of thioether (sulfide) groups is 1. The molecule has 1 aromatic heterocycles. The normalized spacial score (nSPS) is 11.3. The minimum Gasteiger partial charge on any atom is -0.494 e. The van der Waals surface area contributed by atoms with Crippen LogP contribution in [0.3, 0.4) is 0 Å². The molecule has 0 unspecified atom stereocenters. The van der Waals surface area contributed by atoms with Crippen molar-refractivity contribution in [2.45, 2.75) is 25.2 Å². The van der Waals surface area contributed by atoms with Crippen molar-refractivity contribution in [2.24, 2.45) is 0 Å². The van der Waals surface area contributed by atoms with Crippen LogP contribution < -0.4 is 9.64 Å². The second kappa shape index (κ2) is 11.5. The standard InChI is InChI=1S/C23H28FN3O2S2/c1-4-26(5-2)14-15-27(21(28)13-16-30-18-11-9-17(24)10-12-18)23-25-22-19(29-3)7-6-8-20(22)31-23/h6-12H,4-5,13-16H2,1-3H3. The molecule has 0 saturated heterocycles. The number of hydrogen-bond acceptors (Lipinski definition) is 6. The first-order valence-corrected chi connectivity index (χ1v) is 12.2. The number of para-hydroxylation sites is 1. The number of rotatable bonds is 11. The molecule has 1 heterocycles. The fourth-order valence-corrected chi connectivity index (χ4v) is 5.09. The third-order valence-electron chi connectivity index (χ3n) is 5.06. The van der Waals surface area contributed by atoms with Gasteiger partial charge in [0.05, 0.1) is 11.8 Å². The minimum atomic E-state index is -0.255. The lowest BCUT2D eigenvalue weighted by atomic mass is 10.3. The molecular formula is C23H28FN3O2S2. The Bertz CT molecular complexity index is 990. The quantitative estimate of drug-likeness (QED) is 0.363. The number of methoxy groups -OCH3 is 1. The van der Waals surface area contributed by atoms with Gasteiger partial charge in [-0.2, -0.15) is 0 Å². The van der Waals surface area contributed by atoms with Crippen molar-refractivity contribution < 1.29 is 13.9 Å². The second-order valence-electron chi connectivity index (χ2n) is 6.93. The van der Waals surface area contributed by atoms with Gasteiger partial charge < -0.3 is 9.64 Å². The van der Waals surface area contributed by atoms with E-state index in [1.54, 1.807) is 35.9 Å². The maximum atomic E-state index is 13.2. The zero-order valence-electron chi connectivity index (χ0n) is 18.1. The fourth-order valence-electron chi connectivity index (χ4n) is 3.22. The average Bonchev–Trinajstić information content (AvgIpc) is 3.22. The average molecular weight is 462 g/mol. The predicted molar refractivity (Wildman–Crippen MR) is 128 cm³/mol. The molecule has 0 spiro atoms. The lowest BCUT2D eigenvalue weighted by Crippen LogP contribution is -2.39. The van der Waals surface area contributed by atoms with Gasteiger partial charge in [0.1, 0.15) is 17.1 Å². The van der Waals surface area contributed by atoms with Crippen LogP contribution in [0.25, 0.3) is 10.2 Å². The van der Waals surface area contributed by atoms with E-state index in [0.717, 1.165) is 34.7 Å². The highest BCUT2D eigenvalue weighted by Crippen LogP contribution is 2.34. The fraction of sp³-hybridized carbons (Fsp3) is 0.391. The number of hydrogen-bond donors (Lipinski definition) is 0. The Morgan fingerprint density at radius 2 is 1.87 bits per heavy atom. The van der Waals surface area contributed by atoms with Crippen LogP contribution in [-0.4, -0.2) is 54.8 Å². The third kappa shape index (κ3) is 6.18. The van der Waals surface area contributed by atoms with Crippen LogP contribution in [0.2, 0.25) is 0 Å². The van der Waals surface area contributed by atoms with Crippen molar-refractivity contribution >= 4 is 44.4 Å². The zero-order chi connectivity index (χ0) is 22.2. The van der Waals surface area contributed by atoms with Crippen molar-refractivity contribution in [2.75, 3.05) is 43.9 Å². The SMILES string of the molecule is CCN(CC)CCN(C(=O)CCSc1ccc(F)cc1)c1nc2c(OC)cccc2s1. The highest BCUT2D eigenvalue weighted by molar-refractivity contribution is 7.99. The number of anilines is 1. The lowest BCUT2D eigenvalue weighted by molar-refractivity contribution is -0.118. The Kier molecular flexibility index (Phi) is 8.69. The molecule has 0 aliphatic heterocycles.